The summed E-state index contributed by atoms with van der Waals surface area (Å²) in [5.74, 6) is -0.0722. The summed E-state index contributed by atoms with van der Waals surface area (Å²) in [7, 11) is 0. The molecule has 23 heavy (non-hydrogen) atoms. The highest BCUT2D eigenvalue weighted by Gasteiger charge is 2.36. The molecular formula is C16H24Cl2N4O. The lowest BCUT2D eigenvalue weighted by atomic mass is 9.92. The molecule has 3 rings (SSSR count). The summed E-state index contributed by atoms with van der Waals surface area (Å²) in [6, 6.07) is 8.10. The molecule has 7 heteroatoms. The van der Waals surface area contributed by atoms with E-state index in [9.17, 15) is 4.79 Å². The van der Waals surface area contributed by atoms with Crippen LogP contribution in [0.2, 0.25) is 5.02 Å². The maximum atomic E-state index is 12.7. The van der Waals surface area contributed by atoms with Crippen molar-refractivity contribution < 1.29 is 4.79 Å². The van der Waals surface area contributed by atoms with Gasteiger partial charge in [0.15, 0.2) is 0 Å². The van der Waals surface area contributed by atoms with E-state index in [2.05, 4.69) is 28.4 Å². The molecule has 4 N–H and O–H groups in total. The van der Waals surface area contributed by atoms with E-state index in [0.717, 1.165) is 24.9 Å². The van der Waals surface area contributed by atoms with Gasteiger partial charge in [0.25, 0.3) is 0 Å². The molecule has 4 unspecified atom stereocenters. The molecule has 2 fully saturated rings. The SMILES string of the molecule is CC1NCCCC1NC(=O)C1CNNC1c1ccccc1Cl.Cl. The van der Waals surface area contributed by atoms with Crippen LogP contribution in [-0.4, -0.2) is 31.1 Å². The van der Waals surface area contributed by atoms with Crippen molar-refractivity contribution in [2.45, 2.75) is 37.9 Å². The van der Waals surface area contributed by atoms with Gasteiger partial charge < -0.3 is 10.6 Å². The Morgan fingerprint density at radius 2 is 2.13 bits per heavy atom. The second-order valence-electron chi connectivity index (χ2n) is 6.13. The van der Waals surface area contributed by atoms with Crippen LogP contribution in [0.15, 0.2) is 24.3 Å². The number of hydrogen-bond donors (Lipinski definition) is 4. The molecule has 0 radical (unpaired) electrons. The van der Waals surface area contributed by atoms with Crippen molar-refractivity contribution in [1.29, 1.82) is 0 Å². The highest BCUT2D eigenvalue weighted by atomic mass is 35.5. The Kier molecular flexibility index (Phi) is 6.68. The number of amides is 1. The van der Waals surface area contributed by atoms with Crippen LogP contribution in [0.25, 0.3) is 0 Å². The molecular weight excluding hydrogens is 335 g/mol. The fourth-order valence-electron chi connectivity index (χ4n) is 3.29. The molecule has 0 aromatic heterocycles. The van der Waals surface area contributed by atoms with E-state index in [-0.39, 0.29) is 36.3 Å². The zero-order valence-corrected chi connectivity index (χ0v) is 14.7. The van der Waals surface area contributed by atoms with Gasteiger partial charge in [0.1, 0.15) is 0 Å². The number of carbonyl (C=O) groups is 1. The minimum absolute atomic E-state index is 0. The second-order valence-corrected chi connectivity index (χ2v) is 6.54. The Morgan fingerprint density at radius 1 is 1.35 bits per heavy atom. The maximum absolute atomic E-state index is 12.7. The van der Waals surface area contributed by atoms with Crippen molar-refractivity contribution in [3.8, 4) is 0 Å². The predicted octanol–water partition coefficient (Wildman–Crippen LogP) is 1.78. The van der Waals surface area contributed by atoms with Crippen molar-refractivity contribution in [3.63, 3.8) is 0 Å². The van der Waals surface area contributed by atoms with Gasteiger partial charge in [0.05, 0.1) is 12.0 Å². The first-order valence-corrected chi connectivity index (χ1v) is 8.31. The molecule has 4 atom stereocenters. The van der Waals surface area contributed by atoms with Gasteiger partial charge >= 0.3 is 0 Å². The number of nitrogens with one attached hydrogen (secondary N) is 4. The lowest BCUT2D eigenvalue weighted by Gasteiger charge is -2.32. The Hall–Kier alpha value is -0.850. The zero-order chi connectivity index (χ0) is 15.5. The first-order valence-electron chi connectivity index (χ1n) is 7.93. The van der Waals surface area contributed by atoms with E-state index in [1.165, 1.54) is 0 Å². The zero-order valence-electron chi connectivity index (χ0n) is 13.1. The molecule has 1 amide bonds. The van der Waals surface area contributed by atoms with Crippen molar-refractivity contribution in [2.75, 3.05) is 13.1 Å². The van der Waals surface area contributed by atoms with Crippen LogP contribution in [0.3, 0.4) is 0 Å². The molecule has 2 aliphatic heterocycles. The lowest BCUT2D eigenvalue weighted by Crippen LogP contribution is -2.53. The fourth-order valence-corrected chi connectivity index (χ4v) is 3.55. The molecule has 0 saturated carbocycles. The number of hydrogen-bond acceptors (Lipinski definition) is 4. The van der Waals surface area contributed by atoms with Crippen LogP contribution in [-0.2, 0) is 4.79 Å². The van der Waals surface area contributed by atoms with Gasteiger partial charge in [-0.3, -0.25) is 10.2 Å². The largest absolute Gasteiger partial charge is 0.351 e. The van der Waals surface area contributed by atoms with Gasteiger partial charge in [-0.05, 0) is 37.9 Å². The third-order valence-electron chi connectivity index (χ3n) is 4.65. The monoisotopic (exact) mass is 358 g/mol. The standard InChI is InChI=1S/C16H23ClN4O.ClH/c1-10-14(7-4-8-18-10)20-16(22)12-9-19-21-15(12)11-5-2-3-6-13(11)17;/h2-3,5-6,10,12,14-15,18-19,21H,4,7-9H2,1H3,(H,20,22);1H. The van der Waals surface area contributed by atoms with Crippen LogP contribution in [0, 0.1) is 5.92 Å². The number of rotatable bonds is 3. The highest BCUT2D eigenvalue weighted by molar-refractivity contribution is 6.31. The van der Waals surface area contributed by atoms with Crippen LogP contribution in [0.4, 0.5) is 0 Å². The molecule has 0 aliphatic carbocycles. The lowest BCUT2D eigenvalue weighted by molar-refractivity contribution is -0.126. The summed E-state index contributed by atoms with van der Waals surface area (Å²) >= 11 is 6.28. The van der Waals surface area contributed by atoms with Gasteiger partial charge in [-0.25, -0.2) is 5.43 Å². The average molecular weight is 359 g/mol. The molecule has 128 valence electrons. The van der Waals surface area contributed by atoms with Crippen LogP contribution >= 0.6 is 24.0 Å². The summed E-state index contributed by atoms with van der Waals surface area (Å²) in [4.78, 5) is 12.7. The normalized spacial score (nSPS) is 30.5. The quantitative estimate of drug-likeness (QED) is 0.665. The molecule has 2 saturated heterocycles. The first-order chi connectivity index (χ1) is 10.7. The van der Waals surface area contributed by atoms with E-state index in [1.54, 1.807) is 0 Å². The summed E-state index contributed by atoms with van der Waals surface area (Å²) in [6.07, 6.45) is 2.13. The van der Waals surface area contributed by atoms with Gasteiger partial charge in [-0.2, -0.15) is 0 Å². The number of piperidine rings is 1. The van der Waals surface area contributed by atoms with Gasteiger partial charge in [-0.15, -0.1) is 12.4 Å². The topological polar surface area (TPSA) is 65.2 Å². The minimum Gasteiger partial charge on any atom is -0.351 e. The molecule has 2 heterocycles. The Labute approximate surface area is 148 Å². The van der Waals surface area contributed by atoms with E-state index >= 15 is 0 Å². The van der Waals surface area contributed by atoms with E-state index in [1.807, 2.05) is 24.3 Å². The number of benzene rings is 1. The Bertz CT molecular complexity index is 543. The van der Waals surface area contributed by atoms with Crippen LogP contribution in [0.1, 0.15) is 31.4 Å². The smallest absolute Gasteiger partial charge is 0.226 e. The van der Waals surface area contributed by atoms with Gasteiger partial charge in [0.2, 0.25) is 5.91 Å². The average Bonchev–Trinajstić information content (AvgIpc) is 2.99. The van der Waals surface area contributed by atoms with E-state index < -0.39 is 0 Å². The van der Waals surface area contributed by atoms with Gasteiger partial charge in [-0.1, -0.05) is 29.8 Å². The van der Waals surface area contributed by atoms with E-state index in [4.69, 9.17) is 11.6 Å². The van der Waals surface area contributed by atoms with Crippen molar-refractivity contribution in [1.82, 2.24) is 21.5 Å². The summed E-state index contributed by atoms with van der Waals surface area (Å²) in [6.45, 7) is 3.76. The highest BCUT2D eigenvalue weighted by Crippen LogP contribution is 2.30. The van der Waals surface area contributed by atoms with E-state index in [0.29, 0.717) is 17.6 Å². The first kappa shape index (κ1) is 18.5. The Morgan fingerprint density at radius 3 is 2.87 bits per heavy atom. The van der Waals surface area contributed by atoms with Crippen molar-refractivity contribution in [2.24, 2.45) is 5.92 Å². The maximum Gasteiger partial charge on any atom is 0.226 e. The summed E-state index contributed by atoms with van der Waals surface area (Å²) in [5.41, 5.74) is 7.24. The third kappa shape index (κ3) is 4.17. The second kappa shape index (κ2) is 8.31. The van der Waals surface area contributed by atoms with Gasteiger partial charge in [0, 0.05) is 23.7 Å². The molecule has 5 nitrogen and oxygen atoms in total. The molecule has 1 aromatic rings. The molecule has 2 aliphatic rings. The summed E-state index contributed by atoms with van der Waals surface area (Å²) in [5, 5.41) is 7.31. The Balaban J connectivity index is 0.00000192. The predicted molar refractivity (Wildman–Crippen MR) is 94.7 cm³/mol. The molecule has 1 aromatic carbocycles. The minimum atomic E-state index is -0.158. The van der Waals surface area contributed by atoms with Crippen LogP contribution in [0.5, 0.6) is 0 Å². The number of halogens is 2. The third-order valence-corrected chi connectivity index (χ3v) is 4.99. The fraction of sp³-hybridized carbons (Fsp3) is 0.562. The molecule has 0 spiro atoms. The summed E-state index contributed by atoms with van der Waals surface area (Å²) < 4.78 is 0. The number of hydrazine groups is 1. The molecule has 0 bridgehead atoms. The van der Waals surface area contributed by atoms with Crippen LogP contribution < -0.4 is 21.5 Å². The number of carbonyl (C=O) groups excluding carboxylic acids is 1. The van der Waals surface area contributed by atoms with Crippen molar-refractivity contribution >= 4 is 29.9 Å². The van der Waals surface area contributed by atoms with Crippen molar-refractivity contribution in [3.05, 3.63) is 34.9 Å².